The molecule has 2 aromatic heterocycles. The van der Waals surface area contributed by atoms with Crippen LogP contribution in [0.25, 0.3) is 11.0 Å². The third-order valence-corrected chi connectivity index (χ3v) is 4.16. The Bertz CT molecular complexity index is 1000. The number of ketones is 1. The summed E-state index contributed by atoms with van der Waals surface area (Å²) in [7, 11) is 0. The number of benzene rings is 2. The van der Waals surface area contributed by atoms with Crippen molar-refractivity contribution < 1.29 is 9.21 Å². The van der Waals surface area contributed by atoms with Gasteiger partial charge in [-0.3, -0.25) is 4.79 Å². The molecule has 2 heterocycles. The van der Waals surface area contributed by atoms with Crippen LogP contribution >= 0.6 is 11.6 Å². The number of carbonyl (C=O) groups excluding carboxylic acids is 1. The van der Waals surface area contributed by atoms with Gasteiger partial charge in [-0.1, -0.05) is 29.8 Å². The molecule has 0 spiro atoms. The van der Waals surface area contributed by atoms with Crippen molar-refractivity contribution in [2.24, 2.45) is 0 Å². The van der Waals surface area contributed by atoms with Crippen LogP contribution in [-0.2, 0) is 6.54 Å². The number of para-hydroxylation sites is 1. The zero-order valence-electron chi connectivity index (χ0n) is 12.6. The molecule has 0 N–H and O–H groups in total. The molecule has 0 aliphatic heterocycles. The molecule has 0 unspecified atom stereocenters. The van der Waals surface area contributed by atoms with Crippen molar-refractivity contribution in [3.05, 3.63) is 89.2 Å². The number of imidazole rings is 1. The molecular formula is C19H13ClN2O2. The minimum atomic E-state index is -0.155. The first-order valence-electron chi connectivity index (χ1n) is 7.49. The standard InChI is InChI=1S/C19H13ClN2O2/c20-14-7-5-13(6-8-14)18(23)19-16(11-22-10-9-21-12-22)15-3-1-2-4-17(15)24-19/h1-10,12H,11H2. The fourth-order valence-electron chi connectivity index (χ4n) is 2.73. The molecule has 5 heteroatoms. The van der Waals surface area contributed by atoms with Gasteiger partial charge in [-0.15, -0.1) is 0 Å². The average molecular weight is 337 g/mol. The second-order valence-electron chi connectivity index (χ2n) is 5.48. The van der Waals surface area contributed by atoms with Crippen molar-refractivity contribution in [2.75, 3.05) is 0 Å². The summed E-state index contributed by atoms with van der Waals surface area (Å²) in [5, 5.41) is 1.53. The highest BCUT2D eigenvalue weighted by Gasteiger charge is 2.21. The van der Waals surface area contributed by atoms with Crippen LogP contribution in [0.3, 0.4) is 0 Å². The van der Waals surface area contributed by atoms with E-state index in [4.69, 9.17) is 16.0 Å². The molecular weight excluding hydrogens is 324 g/mol. The highest BCUT2D eigenvalue weighted by molar-refractivity contribution is 6.30. The summed E-state index contributed by atoms with van der Waals surface area (Å²) in [5.74, 6) is 0.199. The lowest BCUT2D eigenvalue weighted by atomic mass is 10.0. The first-order valence-corrected chi connectivity index (χ1v) is 7.86. The smallest absolute Gasteiger partial charge is 0.228 e. The Morgan fingerprint density at radius 3 is 2.67 bits per heavy atom. The van der Waals surface area contributed by atoms with E-state index in [1.54, 1.807) is 36.8 Å². The SMILES string of the molecule is O=C(c1ccc(Cl)cc1)c1oc2ccccc2c1Cn1ccnc1. The van der Waals surface area contributed by atoms with Gasteiger partial charge < -0.3 is 8.98 Å². The van der Waals surface area contributed by atoms with Gasteiger partial charge in [-0.2, -0.15) is 0 Å². The van der Waals surface area contributed by atoms with E-state index < -0.39 is 0 Å². The Morgan fingerprint density at radius 1 is 1.12 bits per heavy atom. The molecule has 0 aliphatic rings. The largest absolute Gasteiger partial charge is 0.452 e. The maximum atomic E-state index is 12.9. The molecule has 0 saturated heterocycles. The maximum Gasteiger partial charge on any atom is 0.228 e. The number of aromatic nitrogens is 2. The first kappa shape index (κ1) is 14.7. The van der Waals surface area contributed by atoms with Gasteiger partial charge in [0.25, 0.3) is 0 Å². The number of nitrogens with zero attached hydrogens (tertiary/aromatic N) is 2. The van der Waals surface area contributed by atoms with E-state index in [0.29, 0.717) is 28.5 Å². The molecule has 0 atom stereocenters. The van der Waals surface area contributed by atoms with Crippen molar-refractivity contribution >= 4 is 28.4 Å². The molecule has 0 amide bonds. The average Bonchev–Trinajstić information content (AvgIpc) is 3.24. The molecule has 4 nitrogen and oxygen atoms in total. The van der Waals surface area contributed by atoms with Gasteiger partial charge in [-0.05, 0) is 30.3 Å². The molecule has 4 aromatic rings. The fraction of sp³-hybridized carbons (Fsp3) is 0.0526. The monoisotopic (exact) mass is 336 g/mol. The summed E-state index contributed by atoms with van der Waals surface area (Å²) in [4.78, 5) is 17.0. The topological polar surface area (TPSA) is 48.0 Å². The number of furan rings is 1. The molecule has 24 heavy (non-hydrogen) atoms. The molecule has 118 valence electrons. The summed E-state index contributed by atoms with van der Waals surface area (Å²) >= 11 is 5.91. The minimum Gasteiger partial charge on any atom is -0.452 e. The summed E-state index contributed by atoms with van der Waals surface area (Å²) in [5.41, 5.74) is 2.10. The molecule has 2 aromatic carbocycles. The van der Waals surface area contributed by atoms with E-state index in [1.165, 1.54) is 0 Å². The van der Waals surface area contributed by atoms with Gasteiger partial charge in [0.05, 0.1) is 12.9 Å². The zero-order chi connectivity index (χ0) is 16.5. The van der Waals surface area contributed by atoms with Crippen LogP contribution in [0.5, 0.6) is 0 Å². The van der Waals surface area contributed by atoms with Crippen molar-refractivity contribution in [3.63, 3.8) is 0 Å². The zero-order valence-corrected chi connectivity index (χ0v) is 13.4. The number of carbonyl (C=O) groups is 1. The fourth-order valence-corrected chi connectivity index (χ4v) is 2.86. The van der Waals surface area contributed by atoms with E-state index in [9.17, 15) is 4.79 Å². The summed E-state index contributed by atoms with van der Waals surface area (Å²) in [6.45, 7) is 0.520. The second-order valence-corrected chi connectivity index (χ2v) is 5.91. The van der Waals surface area contributed by atoms with Crippen molar-refractivity contribution in [1.82, 2.24) is 9.55 Å². The van der Waals surface area contributed by atoms with Gasteiger partial charge in [0.2, 0.25) is 5.78 Å². The lowest BCUT2D eigenvalue weighted by molar-refractivity contribution is 0.101. The normalized spacial score (nSPS) is 11.0. The van der Waals surface area contributed by atoms with E-state index in [1.807, 2.05) is 35.0 Å². The Labute approximate surface area is 143 Å². The Kier molecular flexibility index (Phi) is 3.67. The Balaban J connectivity index is 1.84. The predicted octanol–water partition coefficient (Wildman–Crippen LogP) is 4.56. The van der Waals surface area contributed by atoms with Gasteiger partial charge in [0, 0.05) is 33.9 Å². The van der Waals surface area contributed by atoms with Crippen LogP contribution in [0.1, 0.15) is 21.7 Å². The van der Waals surface area contributed by atoms with Crippen LogP contribution < -0.4 is 0 Å². The highest BCUT2D eigenvalue weighted by atomic mass is 35.5. The molecule has 0 bridgehead atoms. The Hall–Kier alpha value is -2.85. The Morgan fingerprint density at radius 2 is 1.92 bits per heavy atom. The van der Waals surface area contributed by atoms with E-state index in [2.05, 4.69) is 4.98 Å². The molecule has 0 radical (unpaired) electrons. The van der Waals surface area contributed by atoms with Gasteiger partial charge in [0.1, 0.15) is 5.58 Å². The second kappa shape index (κ2) is 5.98. The molecule has 0 saturated carbocycles. The number of fused-ring (bicyclic) bond motifs is 1. The number of hydrogen-bond donors (Lipinski definition) is 0. The van der Waals surface area contributed by atoms with Gasteiger partial charge in [-0.25, -0.2) is 4.98 Å². The van der Waals surface area contributed by atoms with Crippen LogP contribution in [0.4, 0.5) is 0 Å². The van der Waals surface area contributed by atoms with Gasteiger partial charge in [0.15, 0.2) is 5.76 Å². The summed E-state index contributed by atoms with van der Waals surface area (Å²) < 4.78 is 7.79. The molecule has 4 rings (SSSR count). The highest BCUT2D eigenvalue weighted by Crippen LogP contribution is 2.28. The third kappa shape index (κ3) is 2.61. The molecule has 0 aliphatic carbocycles. The number of rotatable bonds is 4. The maximum absolute atomic E-state index is 12.9. The lowest BCUT2D eigenvalue weighted by Gasteiger charge is -2.04. The van der Waals surface area contributed by atoms with Crippen molar-refractivity contribution in [3.8, 4) is 0 Å². The van der Waals surface area contributed by atoms with Crippen molar-refractivity contribution in [1.29, 1.82) is 0 Å². The van der Waals surface area contributed by atoms with Gasteiger partial charge >= 0.3 is 0 Å². The van der Waals surface area contributed by atoms with Crippen LogP contribution in [-0.4, -0.2) is 15.3 Å². The number of hydrogen-bond acceptors (Lipinski definition) is 3. The van der Waals surface area contributed by atoms with E-state index in [0.717, 1.165) is 10.9 Å². The quantitative estimate of drug-likeness (QED) is 0.513. The van der Waals surface area contributed by atoms with E-state index >= 15 is 0 Å². The lowest BCUT2D eigenvalue weighted by Crippen LogP contribution is -2.06. The minimum absolute atomic E-state index is 0.155. The summed E-state index contributed by atoms with van der Waals surface area (Å²) in [6, 6.07) is 14.5. The van der Waals surface area contributed by atoms with Crippen molar-refractivity contribution in [2.45, 2.75) is 6.54 Å². The predicted molar refractivity (Wildman–Crippen MR) is 92.4 cm³/mol. The summed E-state index contributed by atoms with van der Waals surface area (Å²) in [6.07, 6.45) is 5.29. The van der Waals surface area contributed by atoms with E-state index in [-0.39, 0.29) is 5.78 Å². The van der Waals surface area contributed by atoms with Crippen LogP contribution in [0, 0.1) is 0 Å². The van der Waals surface area contributed by atoms with Crippen LogP contribution in [0.15, 0.2) is 71.7 Å². The molecule has 0 fully saturated rings. The number of halogens is 1. The first-order chi connectivity index (χ1) is 11.7. The van der Waals surface area contributed by atoms with Crippen LogP contribution in [0.2, 0.25) is 5.02 Å². The third-order valence-electron chi connectivity index (χ3n) is 3.91.